The molecule has 0 aliphatic rings. The third-order valence-corrected chi connectivity index (χ3v) is 5.34. The first-order valence-electron chi connectivity index (χ1n) is 9.92. The molecule has 0 spiro atoms. The van der Waals surface area contributed by atoms with Gasteiger partial charge < -0.3 is 4.74 Å². The number of hydrogen-bond donors (Lipinski definition) is 0. The van der Waals surface area contributed by atoms with Gasteiger partial charge in [0.1, 0.15) is 25.0 Å². The van der Waals surface area contributed by atoms with Crippen LogP contribution in [0.1, 0.15) is 30.6 Å². The van der Waals surface area contributed by atoms with E-state index in [-0.39, 0.29) is 6.10 Å². The molecule has 3 aromatic rings. The Balaban J connectivity index is 1.67. The van der Waals surface area contributed by atoms with E-state index in [2.05, 4.69) is 58.2 Å². The molecule has 0 radical (unpaired) electrons. The number of hydrogen-bond acceptors (Lipinski definition) is 1. The Labute approximate surface area is 183 Å². The minimum Gasteiger partial charge on any atom is -0.369 e. The highest BCUT2D eigenvalue weighted by atomic mass is 35.5. The highest BCUT2D eigenvalue weighted by Gasteiger charge is 2.19. The summed E-state index contributed by atoms with van der Waals surface area (Å²) >= 11 is 12.5. The number of rotatable bonds is 10. The fourth-order valence-corrected chi connectivity index (χ4v) is 3.75. The summed E-state index contributed by atoms with van der Waals surface area (Å²) in [5.41, 5.74) is 2.30. The Kier molecular flexibility index (Phi) is 8.36. The van der Waals surface area contributed by atoms with Crippen LogP contribution in [-0.4, -0.2) is 11.2 Å². The van der Waals surface area contributed by atoms with Gasteiger partial charge in [0.25, 0.3) is 0 Å². The van der Waals surface area contributed by atoms with Crippen LogP contribution in [0, 0.1) is 0 Å². The maximum Gasteiger partial charge on any atom is 0.243 e. The smallest absolute Gasteiger partial charge is 0.243 e. The summed E-state index contributed by atoms with van der Waals surface area (Å²) in [7, 11) is 0. The molecule has 2 aromatic carbocycles. The van der Waals surface area contributed by atoms with Crippen molar-refractivity contribution in [3.63, 3.8) is 0 Å². The molecule has 3 rings (SSSR count). The van der Waals surface area contributed by atoms with Crippen molar-refractivity contribution in [2.24, 2.45) is 0 Å². The number of halogens is 2. The number of allylic oxidation sites excluding steroid dienone is 1. The number of aromatic nitrogens is 2. The van der Waals surface area contributed by atoms with Gasteiger partial charge in [-0.05, 0) is 31.0 Å². The SMILES string of the molecule is C/C=C/CCOC(C[n+]1ccn(CCc2ccccc2)c1)c1ccc(Cl)cc1Cl. The molecule has 0 aliphatic heterocycles. The van der Waals surface area contributed by atoms with Gasteiger partial charge in [-0.15, -0.1) is 0 Å². The highest BCUT2D eigenvalue weighted by Crippen LogP contribution is 2.29. The number of imidazole rings is 1. The third-order valence-electron chi connectivity index (χ3n) is 4.77. The first kappa shape index (κ1) is 21.6. The molecule has 0 aliphatic carbocycles. The van der Waals surface area contributed by atoms with E-state index in [0.717, 1.165) is 24.9 Å². The third kappa shape index (κ3) is 6.74. The van der Waals surface area contributed by atoms with E-state index in [1.54, 1.807) is 6.07 Å². The van der Waals surface area contributed by atoms with Gasteiger partial charge in [0.15, 0.2) is 0 Å². The molecular weight excluding hydrogens is 403 g/mol. The molecule has 0 amide bonds. The molecule has 1 unspecified atom stereocenters. The van der Waals surface area contributed by atoms with Crippen molar-refractivity contribution in [2.45, 2.75) is 39.0 Å². The predicted octanol–water partition coefficient (Wildman–Crippen LogP) is 6.05. The van der Waals surface area contributed by atoms with Crippen LogP contribution in [0.3, 0.4) is 0 Å². The monoisotopic (exact) mass is 429 g/mol. The number of aryl methyl sites for hydroxylation is 2. The lowest BCUT2D eigenvalue weighted by molar-refractivity contribution is -0.704. The Morgan fingerprint density at radius 3 is 2.72 bits per heavy atom. The first-order chi connectivity index (χ1) is 14.2. The molecule has 1 atom stereocenters. The number of benzene rings is 2. The van der Waals surface area contributed by atoms with Crippen LogP contribution in [-0.2, 0) is 24.2 Å². The van der Waals surface area contributed by atoms with E-state index in [1.165, 1.54) is 5.56 Å². The topological polar surface area (TPSA) is 18.0 Å². The fourth-order valence-electron chi connectivity index (χ4n) is 3.22. The van der Waals surface area contributed by atoms with Crippen molar-refractivity contribution in [1.29, 1.82) is 0 Å². The van der Waals surface area contributed by atoms with Crippen molar-refractivity contribution in [2.75, 3.05) is 6.61 Å². The second-order valence-corrected chi connectivity index (χ2v) is 7.81. The van der Waals surface area contributed by atoms with Crippen LogP contribution in [0.2, 0.25) is 10.0 Å². The van der Waals surface area contributed by atoms with Gasteiger partial charge in [-0.2, -0.15) is 0 Å². The summed E-state index contributed by atoms with van der Waals surface area (Å²) in [6, 6.07) is 16.1. The minimum absolute atomic E-state index is 0.139. The normalized spacial score (nSPS) is 12.5. The Morgan fingerprint density at radius 1 is 1.14 bits per heavy atom. The van der Waals surface area contributed by atoms with Gasteiger partial charge in [-0.25, -0.2) is 9.13 Å². The molecule has 1 heterocycles. The van der Waals surface area contributed by atoms with Crippen LogP contribution in [0.15, 0.2) is 79.4 Å². The van der Waals surface area contributed by atoms with E-state index < -0.39 is 0 Å². The maximum atomic E-state index is 6.46. The van der Waals surface area contributed by atoms with Crippen LogP contribution in [0.25, 0.3) is 0 Å². The molecule has 152 valence electrons. The lowest BCUT2D eigenvalue weighted by atomic mass is 10.1. The van der Waals surface area contributed by atoms with Gasteiger partial charge in [-0.3, -0.25) is 0 Å². The van der Waals surface area contributed by atoms with Gasteiger partial charge in [0.05, 0.1) is 13.2 Å². The average Bonchev–Trinajstić information content (AvgIpc) is 3.17. The summed E-state index contributed by atoms with van der Waals surface area (Å²) < 4.78 is 10.5. The summed E-state index contributed by atoms with van der Waals surface area (Å²) in [6.45, 7) is 4.28. The Bertz CT molecular complexity index is 922. The Morgan fingerprint density at radius 2 is 1.97 bits per heavy atom. The largest absolute Gasteiger partial charge is 0.369 e. The lowest BCUT2D eigenvalue weighted by Gasteiger charge is -2.18. The molecule has 5 heteroatoms. The minimum atomic E-state index is -0.139. The molecule has 0 saturated heterocycles. The van der Waals surface area contributed by atoms with Crippen molar-refractivity contribution in [3.05, 3.63) is 101 Å². The zero-order valence-corrected chi connectivity index (χ0v) is 18.2. The van der Waals surface area contributed by atoms with Crippen LogP contribution in [0.4, 0.5) is 0 Å². The molecule has 1 aromatic heterocycles. The molecule has 0 saturated carbocycles. The van der Waals surface area contributed by atoms with Gasteiger partial charge in [0.2, 0.25) is 6.33 Å². The van der Waals surface area contributed by atoms with E-state index in [9.17, 15) is 0 Å². The van der Waals surface area contributed by atoms with Gasteiger partial charge >= 0.3 is 0 Å². The molecule has 0 N–H and O–H groups in total. The van der Waals surface area contributed by atoms with Crippen molar-refractivity contribution in [1.82, 2.24) is 4.57 Å². The quantitative estimate of drug-likeness (QED) is 0.218. The molecule has 3 nitrogen and oxygen atoms in total. The lowest BCUT2D eigenvalue weighted by Crippen LogP contribution is -2.35. The summed E-state index contributed by atoms with van der Waals surface area (Å²) in [6.07, 6.45) is 12.2. The van der Waals surface area contributed by atoms with Crippen LogP contribution >= 0.6 is 23.2 Å². The summed E-state index contributed by atoms with van der Waals surface area (Å²) in [5.74, 6) is 0. The van der Waals surface area contributed by atoms with Crippen LogP contribution in [0.5, 0.6) is 0 Å². The second kappa shape index (κ2) is 11.2. The van der Waals surface area contributed by atoms with E-state index in [1.807, 2.05) is 31.2 Å². The first-order valence-corrected chi connectivity index (χ1v) is 10.7. The summed E-state index contributed by atoms with van der Waals surface area (Å²) in [4.78, 5) is 0. The molecule has 29 heavy (non-hydrogen) atoms. The highest BCUT2D eigenvalue weighted by molar-refractivity contribution is 6.35. The van der Waals surface area contributed by atoms with E-state index in [0.29, 0.717) is 23.2 Å². The number of nitrogens with zero attached hydrogens (tertiary/aromatic N) is 2. The van der Waals surface area contributed by atoms with Crippen molar-refractivity contribution in [3.8, 4) is 0 Å². The Hall–Kier alpha value is -2.07. The average molecular weight is 430 g/mol. The zero-order chi connectivity index (χ0) is 20.5. The van der Waals surface area contributed by atoms with E-state index >= 15 is 0 Å². The summed E-state index contributed by atoms with van der Waals surface area (Å²) in [5, 5.41) is 1.27. The fraction of sp³-hybridized carbons (Fsp3) is 0.292. The predicted molar refractivity (Wildman–Crippen MR) is 119 cm³/mol. The van der Waals surface area contributed by atoms with E-state index in [4.69, 9.17) is 27.9 Å². The zero-order valence-electron chi connectivity index (χ0n) is 16.7. The maximum absolute atomic E-state index is 6.46. The van der Waals surface area contributed by atoms with Gasteiger partial charge in [0, 0.05) is 22.0 Å². The molecule has 0 fully saturated rings. The molecule has 0 bridgehead atoms. The van der Waals surface area contributed by atoms with Crippen molar-refractivity contribution < 1.29 is 9.30 Å². The molecular formula is C24H27Cl2N2O+. The number of ether oxygens (including phenoxy) is 1. The van der Waals surface area contributed by atoms with Crippen LogP contribution < -0.4 is 4.57 Å². The standard InChI is InChI=1S/C24H27Cl2N2O/c1-2-3-7-16-29-24(22-11-10-21(25)17-23(22)26)18-28-15-14-27(19-28)13-12-20-8-5-4-6-9-20/h2-6,8-11,14-15,17,19,24H,7,12-13,16,18H2,1H3/q+1/b3-2+. The van der Waals surface area contributed by atoms with Gasteiger partial charge in [-0.1, -0.05) is 71.8 Å². The second-order valence-electron chi connectivity index (χ2n) is 6.97. The van der Waals surface area contributed by atoms with Crippen molar-refractivity contribution >= 4 is 23.2 Å².